The maximum absolute atomic E-state index is 12.6. The van der Waals surface area contributed by atoms with Crippen LogP contribution in [0.4, 0.5) is 5.69 Å². The van der Waals surface area contributed by atoms with Crippen molar-refractivity contribution in [1.29, 1.82) is 0 Å². The predicted octanol–water partition coefficient (Wildman–Crippen LogP) is 4.23. The van der Waals surface area contributed by atoms with E-state index >= 15 is 0 Å². The van der Waals surface area contributed by atoms with Crippen LogP contribution in [-0.4, -0.2) is 29.9 Å². The lowest BCUT2D eigenvalue weighted by Gasteiger charge is -2.10. The van der Waals surface area contributed by atoms with Crippen LogP contribution in [0.2, 0.25) is 0 Å². The Bertz CT molecular complexity index is 1090. The molecule has 0 unspecified atom stereocenters. The van der Waals surface area contributed by atoms with Gasteiger partial charge in [0.2, 0.25) is 0 Å². The second-order valence-corrected chi connectivity index (χ2v) is 6.73. The molecule has 0 atom stereocenters. The first-order valence-corrected chi connectivity index (χ1v) is 9.53. The SMILES string of the molecule is CCc1ccc(-c2ccc(NC(=O)c3ccc(C(=O)O)c(C(=O)NC)c3)cc2)cc1. The average molecular weight is 402 g/mol. The summed E-state index contributed by atoms with van der Waals surface area (Å²) in [5, 5.41) is 14.4. The Hall–Kier alpha value is -3.93. The molecule has 0 heterocycles. The monoisotopic (exact) mass is 402 g/mol. The number of carboxylic acid groups (broad SMARTS) is 1. The minimum Gasteiger partial charge on any atom is -0.478 e. The third-order valence-electron chi connectivity index (χ3n) is 4.82. The fourth-order valence-electron chi connectivity index (χ4n) is 3.08. The van der Waals surface area contributed by atoms with Gasteiger partial charge in [0.05, 0.1) is 11.1 Å². The molecule has 3 aromatic carbocycles. The van der Waals surface area contributed by atoms with Crippen molar-refractivity contribution in [1.82, 2.24) is 5.32 Å². The van der Waals surface area contributed by atoms with Crippen LogP contribution >= 0.6 is 0 Å². The highest BCUT2D eigenvalue weighted by molar-refractivity contribution is 6.09. The highest BCUT2D eigenvalue weighted by atomic mass is 16.4. The molecule has 6 heteroatoms. The van der Waals surface area contributed by atoms with Crippen LogP contribution in [-0.2, 0) is 6.42 Å². The lowest BCUT2D eigenvalue weighted by Crippen LogP contribution is -2.22. The summed E-state index contributed by atoms with van der Waals surface area (Å²) < 4.78 is 0. The van der Waals surface area contributed by atoms with E-state index in [-0.39, 0.29) is 16.7 Å². The Morgan fingerprint density at radius 3 is 1.93 bits per heavy atom. The molecule has 0 aliphatic heterocycles. The van der Waals surface area contributed by atoms with Gasteiger partial charge in [-0.15, -0.1) is 0 Å². The summed E-state index contributed by atoms with van der Waals surface area (Å²) in [7, 11) is 1.40. The van der Waals surface area contributed by atoms with Gasteiger partial charge in [0.15, 0.2) is 0 Å². The van der Waals surface area contributed by atoms with Gasteiger partial charge >= 0.3 is 5.97 Å². The van der Waals surface area contributed by atoms with E-state index in [2.05, 4.69) is 41.8 Å². The molecule has 2 amide bonds. The van der Waals surface area contributed by atoms with Gasteiger partial charge in [-0.2, -0.15) is 0 Å². The molecule has 3 rings (SSSR count). The Morgan fingerprint density at radius 2 is 1.40 bits per heavy atom. The van der Waals surface area contributed by atoms with Crippen LogP contribution in [0.3, 0.4) is 0 Å². The Labute approximate surface area is 174 Å². The maximum Gasteiger partial charge on any atom is 0.336 e. The zero-order valence-electron chi connectivity index (χ0n) is 16.7. The largest absolute Gasteiger partial charge is 0.478 e. The number of aromatic carboxylic acids is 1. The molecular formula is C24H22N2O4. The molecule has 3 aromatic rings. The lowest BCUT2D eigenvalue weighted by molar-refractivity contribution is 0.0690. The van der Waals surface area contributed by atoms with Gasteiger partial charge in [0.25, 0.3) is 11.8 Å². The number of hydrogen-bond acceptors (Lipinski definition) is 3. The first-order chi connectivity index (χ1) is 14.4. The fraction of sp³-hybridized carbons (Fsp3) is 0.125. The molecule has 0 bridgehead atoms. The van der Waals surface area contributed by atoms with Crippen molar-refractivity contribution in [3.8, 4) is 11.1 Å². The summed E-state index contributed by atoms with van der Waals surface area (Å²) in [6, 6.07) is 19.7. The van der Waals surface area contributed by atoms with Crippen molar-refractivity contribution in [2.45, 2.75) is 13.3 Å². The number of aryl methyl sites for hydroxylation is 1. The van der Waals surface area contributed by atoms with Crippen LogP contribution in [0, 0.1) is 0 Å². The van der Waals surface area contributed by atoms with Crippen LogP contribution < -0.4 is 10.6 Å². The third kappa shape index (κ3) is 4.55. The summed E-state index contributed by atoms with van der Waals surface area (Å²) in [5.41, 5.74) is 3.95. The zero-order chi connectivity index (χ0) is 21.7. The van der Waals surface area contributed by atoms with Crippen molar-refractivity contribution >= 4 is 23.5 Å². The molecule has 0 aliphatic carbocycles. The average Bonchev–Trinajstić information content (AvgIpc) is 2.78. The number of nitrogens with one attached hydrogen (secondary N) is 2. The second kappa shape index (κ2) is 9.05. The van der Waals surface area contributed by atoms with Gasteiger partial charge in [-0.05, 0) is 53.4 Å². The minimum absolute atomic E-state index is 0.0662. The van der Waals surface area contributed by atoms with Gasteiger partial charge in [-0.25, -0.2) is 4.79 Å². The quantitative estimate of drug-likeness (QED) is 0.575. The van der Waals surface area contributed by atoms with E-state index in [4.69, 9.17) is 0 Å². The number of amides is 2. The number of anilines is 1. The van der Waals surface area contributed by atoms with E-state index in [1.165, 1.54) is 30.8 Å². The maximum atomic E-state index is 12.6. The molecular weight excluding hydrogens is 380 g/mol. The number of carboxylic acids is 1. The van der Waals surface area contributed by atoms with E-state index in [0.29, 0.717) is 5.69 Å². The number of carbonyl (C=O) groups excluding carboxylic acids is 2. The van der Waals surface area contributed by atoms with Crippen molar-refractivity contribution < 1.29 is 19.5 Å². The van der Waals surface area contributed by atoms with E-state index in [9.17, 15) is 19.5 Å². The van der Waals surface area contributed by atoms with Gasteiger partial charge < -0.3 is 15.7 Å². The zero-order valence-corrected chi connectivity index (χ0v) is 16.7. The van der Waals surface area contributed by atoms with Gasteiger partial charge in [0, 0.05) is 18.3 Å². The topological polar surface area (TPSA) is 95.5 Å². The number of rotatable bonds is 6. The van der Waals surface area contributed by atoms with Gasteiger partial charge in [-0.1, -0.05) is 43.3 Å². The van der Waals surface area contributed by atoms with E-state index in [1.807, 2.05) is 12.1 Å². The first-order valence-electron chi connectivity index (χ1n) is 9.53. The molecule has 0 saturated carbocycles. The number of benzene rings is 3. The van der Waals surface area contributed by atoms with Crippen molar-refractivity contribution in [3.05, 3.63) is 89.0 Å². The summed E-state index contributed by atoms with van der Waals surface area (Å²) in [6.45, 7) is 2.11. The molecule has 0 radical (unpaired) electrons. The van der Waals surface area contributed by atoms with Crippen LogP contribution in [0.25, 0.3) is 11.1 Å². The molecule has 0 aliphatic rings. The summed E-state index contributed by atoms with van der Waals surface area (Å²) in [6.07, 6.45) is 0.986. The van der Waals surface area contributed by atoms with Crippen LogP contribution in [0.15, 0.2) is 66.7 Å². The van der Waals surface area contributed by atoms with E-state index in [0.717, 1.165) is 17.5 Å². The molecule has 30 heavy (non-hydrogen) atoms. The Morgan fingerprint density at radius 1 is 0.800 bits per heavy atom. The second-order valence-electron chi connectivity index (χ2n) is 6.73. The molecule has 6 nitrogen and oxygen atoms in total. The van der Waals surface area contributed by atoms with Crippen molar-refractivity contribution in [2.75, 3.05) is 12.4 Å². The smallest absolute Gasteiger partial charge is 0.336 e. The molecule has 3 N–H and O–H groups in total. The summed E-state index contributed by atoms with van der Waals surface area (Å²) in [5.74, 6) is -2.24. The number of hydrogen-bond donors (Lipinski definition) is 3. The van der Waals surface area contributed by atoms with Crippen LogP contribution in [0.1, 0.15) is 43.6 Å². The third-order valence-corrected chi connectivity index (χ3v) is 4.82. The van der Waals surface area contributed by atoms with Crippen LogP contribution in [0.5, 0.6) is 0 Å². The lowest BCUT2D eigenvalue weighted by atomic mass is 10.0. The minimum atomic E-state index is -1.23. The predicted molar refractivity (Wildman–Crippen MR) is 116 cm³/mol. The Kier molecular flexibility index (Phi) is 6.27. The highest BCUT2D eigenvalue weighted by Crippen LogP contribution is 2.23. The van der Waals surface area contributed by atoms with Crippen molar-refractivity contribution in [2.24, 2.45) is 0 Å². The molecule has 0 aromatic heterocycles. The standard InChI is InChI=1S/C24H22N2O4/c1-3-15-4-6-16(7-5-15)17-8-11-19(12-9-17)26-22(27)18-10-13-20(24(29)30)21(14-18)23(28)25-2/h4-14H,3H2,1-2H3,(H,25,28)(H,26,27)(H,29,30). The van der Waals surface area contributed by atoms with Gasteiger partial charge in [0.1, 0.15) is 0 Å². The first kappa shape index (κ1) is 20.8. The molecule has 152 valence electrons. The highest BCUT2D eigenvalue weighted by Gasteiger charge is 2.18. The Balaban J connectivity index is 1.78. The fourth-order valence-corrected chi connectivity index (χ4v) is 3.08. The summed E-state index contributed by atoms with van der Waals surface area (Å²) in [4.78, 5) is 35.9. The normalized spacial score (nSPS) is 10.3. The molecule has 0 fully saturated rings. The molecule has 0 saturated heterocycles. The van der Waals surface area contributed by atoms with Crippen molar-refractivity contribution in [3.63, 3.8) is 0 Å². The summed E-state index contributed by atoms with van der Waals surface area (Å²) >= 11 is 0. The van der Waals surface area contributed by atoms with Gasteiger partial charge in [-0.3, -0.25) is 9.59 Å². The molecule has 0 spiro atoms. The number of carbonyl (C=O) groups is 3. The van der Waals surface area contributed by atoms with E-state index in [1.54, 1.807) is 12.1 Å². The van der Waals surface area contributed by atoms with E-state index < -0.39 is 17.8 Å².